The lowest BCUT2D eigenvalue weighted by atomic mass is 10.0. The quantitative estimate of drug-likeness (QED) is 0.894. The summed E-state index contributed by atoms with van der Waals surface area (Å²) in [5.41, 5.74) is 4.61. The van der Waals surface area contributed by atoms with Gasteiger partial charge in [-0.2, -0.15) is 0 Å². The Morgan fingerprint density at radius 3 is 2.30 bits per heavy atom. The molecule has 106 valence electrons. The van der Waals surface area contributed by atoms with Gasteiger partial charge in [-0.3, -0.25) is 0 Å². The van der Waals surface area contributed by atoms with Crippen LogP contribution in [0.3, 0.4) is 0 Å². The van der Waals surface area contributed by atoms with E-state index in [4.69, 9.17) is 0 Å². The lowest BCUT2D eigenvalue weighted by Crippen LogP contribution is -2.24. The normalized spacial score (nSPS) is 12.2. The van der Waals surface area contributed by atoms with Crippen molar-refractivity contribution in [2.24, 2.45) is 0 Å². The number of nitrogens with zero attached hydrogens (tertiary/aromatic N) is 1. The lowest BCUT2D eigenvalue weighted by Gasteiger charge is -2.24. The van der Waals surface area contributed by atoms with E-state index in [0.29, 0.717) is 6.54 Å². The molecule has 2 aromatic rings. The van der Waals surface area contributed by atoms with E-state index < -0.39 is 6.10 Å². The molecule has 0 aliphatic heterocycles. The molecular formula is C18H23NO. The molecule has 2 heteroatoms. The third-order valence-corrected chi connectivity index (χ3v) is 3.78. The van der Waals surface area contributed by atoms with Crippen molar-refractivity contribution in [3.8, 4) is 0 Å². The molecule has 1 N–H and O–H groups in total. The number of aliphatic hydroxyl groups is 1. The van der Waals surface area contributed by atoms with Crippen LogP contribution in [0.25, 0.3) is 0 Å². The van der Waals surface area contributed by atoms with Gasteiger partial charge >= 0.3 is 0 Å². The van der Waals surface area contributed by atoms with E-state index in [1.165, 1.54) is 5.56 Å². The molecule has 0 heterocycles. The topological polar surface area (TPSA) is 23.5 Å². The van der Waals surface area contributed by atoms with Gasteiger partial charge in [0.25, 0.3) is 0 Å². The first-order chi connectivity index (χ1) is 9.61. The van der Waals surface area contributed by atoms with Gasteiger partial charge in [0.05, 0.1) is 6.10 Å². The number of aryl methyl sites for hydroxylation is 2. The Bertz CT molecular complexity index is 548. The third kappa shape index (κ3) is 3.40. The van der Waals surface area contributed by atoms with Gasteiger partial charge in [0.2, 0.25) is 0 Å². The van der Waals surface area contributed by atoms with Crippen LogP contribution in [0.2, 0.25) is 0 Å². The van der Waals surface area contributed by atoms with Crippen molar-refractivity contribution in [3.63, 3.8) is 0 Å². The molecule has 1 atom stereocenters. The minimum atomic E-state index is -0.466. The molecule has 20 heavy (non-hydrogen) atoms. The summed E-state index contributed by atoms with van der Waals surface area (Å²) < 4.78 is 0. The monoisotopic (exact) mass is 269 g/mol. The highest BCUT2D eigenvalue weighted by Crippen LogP contribution is 2.21. The minimum Gasteiger partial charge on any atom is -0.387 e. The maximum Gasteiger partial charge on any atom is 0.0967 e. The van der Waals surface area contributed by atoms with E-state index in [2.05, 4.69) is 36.1 Å². The molecule has 2 nitrogen and oxygen atoms in total. The second-order valence-corrected chi connectivity index (χ2v) is 5.27. The number of benzene rings is 2. The minimum absolute atomic E-state index is 0.466. The summed E-state index contributed by atoms with van der Waals surface area (Å²) >= 11 is 0. The second kappa shape index (κ2) is 6.58. The fraction of sp³-hybridized carbons (Fsp3) is 0.333. The molecular weight excluding hydrogens is 246 g/mol. The number of hydrogen-bond donors (Lipinski definition) is 1. The van der Waals surface area contributed by atoms with Crippen molar-refractivity contribution in [1.29, 1.82) is 0 Å². The zero-order valence-electron chi connectivity index (χ0n) is 12.5. The average molecular weight is 269 g/mol. The first-order valence-corrected chi connectivity index (χ1v) is 7.15. The van der Waals surface area contributed by atoms with Crippen LogP contribution in [0.1, 0.15) is 29.7 Å². The molecule has 0 amide bonds. The summed E-state index contributed by atoms with van der Waals surface area (Å²) in [6, 6.07) is 16.5. The predicted octanol–water partition coefficient (Wildman–Crippen LogP) is 3.73. The third-order valence-electron chi connectivity index (χ3n) is 3.78. The highest BCUT2D eigenvalue weighted by Gasteiger charge is 2.12. The summed E-state index contributed by atoms with van der Waals surface area (Å²) in [5.74, 6) is 0. The molecule has 0 spiro atoms. The van der Waals surface area contributed by atoms with Gasteiger partial charge in [-0.15, -0.1) is 0 Å². The van der Waals surface area contributed by atoms with Crippen molar-refractivity contribution >= 4 is 5.69 Å². The van der Waals surface area contributed by atoms with Crippen LogP contribution in [0.4, 0.5) is 5.69 Å². The molecule has 1 unspecified atom stereocenters. The van der Waals surface area contributed by atoms with Gasteiger partial charge in [-0.1, -0.05) is 43.3 Å². The lowest BCUT2D eigenvalue weighted by molar-refractivity contribution is 0.184. The van der Waals surface area contributed by atoms with E-state index in [9.17, 15) is 5.11 Å². The second-order valence-electron chi connectivity index (χ2n) is 5.27. The number of likely N-dealkylation sites (N-methyl/N-ethyl adjacent to an activating group) is 1. The van der Waals surface area contributed by atoms with Gasteiger partial charge in [0, 0.05) is 19.3 Å². The molecule has 0 fully saturated rings. The Morgan fingerprint density at radius 2 is 1.70 bits per heavy atom. The molecule has 0 aromatic heterocycles. The van der Waals surface area contributed by atoms with Crippen LogP contribution >= 0.6 is 0 Å². The zero-order chi connectivity index (χ0) is 14.5. The smallest absolute Gasteiger partial charge is 0.0967 e. The number of rotatable bonds is 5. The summed E-state index contributed by atoms with van der Waals surface area (Å²) in [6.45, 7) is 4.78. The van der Waals surface area contributed by atoms with E-state index >= 15 is 0 Å². The van der Waals surface area contributed by atoms with Crippen LogP contribution in [0.5, 0.6) is 0 Å². The van der Waals surface area contributed by atoms with Crippen LogP contribution in [-0.4, -0.2) is 18.7 Å². The highest BCUT2D eigenvalue weighted by atomic mass is 16.3. The molecule has 2 rings (SSSR count). The molecule has 0 saturated heterocycles. The van der Waals surface area contributed by atoms with Crippen LogP contribution in [0.15, 0.2) is 48.5 Å². The predicted molar refractivity (Wildman–Crippen MR) is 85.2 cm³/mol. The number of aliphatic hydroxyl groups excluding tert-OH is 1. The Morgan fingerprint density at radius 1 is 1.05 bits per heavy atom. The van der Waals surface area contributed by atoms with Gasteiger partial charge in [-0.05, 0) is 42.2 Å². The van der Waals surface area contributed by atoms with Gasteiger partial charge in [0.1, 0.15) is 0 Å². The molecule has 0 bridgehead atoms. The fourth-order valence-electron chi connectivity index (χ4n) is 2.41. The Labute approximate surface area is 121 Å². The highest BCUT2D eigenvalue weighted by molar-refractivity contribution is 5.47. The van der Waals surface area contributed by atoms with E-state index in [1.807, 2.05) is 38.2 Å². The summed E-state index contributed by atoms with van der Waals surface area (Å²) in [7, 11) is 2.02. The Balaban J connectivity index is 2.06. The summed E-state index contributed by atoms with van der Waals surface area (Å²) in [6.07, 6.45) is 0.586. The molecule has 0 aliphatic carbocycles. The largest absolute Gasteiger partial charge is 0.387 e. The fourth-order valence-corrected chi connectivity index (χ4v) is 2.41. The van der Waals surface area contributed by atoms with E-state index in [0.717, 1.165) is 23.2 Å². The Kier molecular flexibility index (Phi) is 4.80. The van der Waals surface area contributed by atoms with E-state index in [1.54, 1.807) is 0 Å². The first-order valence-electron chi connectivity index (χ1n) is 7.15. The SMILES string of the molecule is CCc1ccc(N(C)CC(O)c2ccccc2C)cc1. The van der Waals surface area contributed by atoms with Gasteiger partial charge < -0.3 is 10.0 Å². The maximum atomic E-state index is 10.4. The molecule has 2 aromatic carbocycles. The van der Waals surface area contributed by atoms with Crippen LogP contribution in [-0.2, 0) is 6.42 Å². The van der Waals surface area contributed by atoms with E-state index in [-0.39, 0.29) is 0 Å². The summed E-state index contributed by atoms with van der Waals surface area (Å²) in [4.78, 5) is 2.09. The van der Waals surface area contributed by atoms with Gasteiger partial charge in [-0.25, -0.2) is 0 Å². The maximum absolute atomic E-state index is 10.4. The van der Waals surface area contributed by atoms with Crippen molar-refractivity contribution in [2.45, 2.75) is 26.4 Å². The van der Waals surface area contributed by atoms with Crippen LogP contribution in [0, 0.1) is 6.92 Å². The number of anilines is 1. The molecule has 0 saturated carbocycles. The van der Waals surface area contributed by atoms with Crippen molar-refractivity contribution < 1.29 is 5.11 Å². The van der Waals surface area contributed by atoms with Crippen molar-refractivity contribution in [3.05, 3.63) is 65.2 Å². The van der Waals surface area contributed by atoms with Crippen molar-refractivity contribution in [2.75, 3.05) is 18.5 Å². The molecule has 0 radical (unpaired) electrons. The first kappa shape index (κ1) is 14.6. The summed E-state index contributed by atoms with van der Waals surface area (Å²) in [5, 5.41) is 10.4. The van der Waals surface area contributed by atoms with Crippen LogP contribution < -0.4 is 4.90 Å². The Hall–Kier alpha value is -1.80. The zero-order valence-corrected chi connectivity index (χ0v) is 12.5. The average Bonchev–Trinajstić information content (AvgIpc) is 2.47. The molecule has 0 aliphatic rings. The number of hydrogen-bond acceptors (Lipinski definition) is 2. The van der Waals surface area contributed by atoms with Crippen molar-refractivity contribution in [1.82, 2.24) is 0 Å². The standard InChI is InChI=1S/C18H23NO/c1-4-15-9-11-16(12-10-15)19(3)13-18(20)17-8-6-5-7-14(17)2/h5-12,18,20H,4,13H2,1-3H3. The van der Waals surface area contributed by atoms with Gasteiger partial charge in [0.15, 0.2) is 0 Å².